The van der Waals surface area contributed by atoms with Crippen molar-refractivity contribution in [1.29, 1.82) is 0 Å². The van der Waals surface area contributed by atoms with Crippen LogP contribution in [-0.2, 0) is 10.2 Å². The van der Waals surface area contributed by atoms with Gasteiger partial charge in [0.25, 0.3) is 0 Å². The zero-order chi connectivity index (χ0) is 14.9. The Bertz CT molecular complexity index is 476. The van der Waals surface area contributed by atoms with Crippen LogP contribution in [0.3, 0.4) is 0 Å². The maximum absolute atomic E-state index is 11.9. The van der Waals surface area contributed by atoms with E-state index >= 15 is 0 Å². The third-order valence-electron chi connectivity index (χ3n) is 4.09. The lowest BCUT2D eigenvalue weighted by Crippen LogP contribution is -2.17. The number of carbonyl (C=O) groups is 1. The van der Waals surface area contributed by atoms with Crippen LogP contribution in [0.15, 0.2) is 4.42 Å². The third kappa shape index (κ3) is 3.05. The van der Waals surface area contributed by atoms with E-state index in [2.05, 4.69) is 11.9 Å². The molecule has 4 nitrogen and oxygen atoms in total. The molecule has 2 rings (SSSR count). The molecular weight excluding hydrogens is 254 g/mol. The molecule has 1 aromatic rings. The zero-order valence-electron chi connectivity index (χ0n) is 13.2. The van der Waals surface area contributed by atoms with Gasteiger partial charge >= 0.3 is 5.97 Å². The molecule has 1 aliphatic carbocycles. The van der Waals surface area contributed by atoms with Gasteiger partial charge in [-0.2, -0.15) is 0 Å². The molecule has 0 radical (unpaired) electrons. The van der Waals surface area contributed by atoms with E-state index in [4.69, 9.17) is 9.15 Å². The molecule has 1 heterocycles. The van der Waals surface area contributed by atoms with Crippen LogP contribution in [-0.4, -0.2) is 18.1 Å². The van der Waals surface area contributed by atoms with Crippen LogP contribution in [0.5, 0.6) is 0 Å². The van der Waals surface area contributed by atoms with E-state index < -0.39 is 5.97 Å². The van der Waals surface area contributed by atoms with Crippen LogP contribution in [0.25, 0.3) is 0 Å². The molecule has 0 unspecified atom stereocenters. The minimum Gasteiger partial charge on any atom is -0.463 e. The van der Waals surface area contributed by atoms with Crippen molar-refractivity contribution in [3.05, 3.63) is 17.3 Å². The van der Waals surface area contributed by atoms with Gasteiger partial charge in [-0.15, -0.1) is 0 Å². The Hall–Kier alpha value is -1.32. The molecule has 1 fully saturated rings. The van der Waals surface area contributed by atoms with Crippen LogP contribution >= 0.6 is 0 Å². The second-order valence-corrected chi connectivity index (χ2v) is 6.93. The molecule has 1 aromatic heterocycles. The van der Waals surface area contributed by atoms with E-state index in [1.54, 1.807) is 0 Å². The average molecular weight is 279 g/mol. The van der Waals surface area contributed by atoms with Gasteiger partial charge in [-0.1, -0.05) is 27.7 Å². The molecule has 0 spiro atoms. The molecule has 112 valence electrons. The molecule has 0 aliphatic heterocycles. The molecule has 0 N–H and O–H groups in total. The third-order valence-corrected chi connectivity index (χ3v) is 4.09. The van der Waals surface area contributed by atoms with Gasteiger partial charge < -0.3 is 9.15 Å². The van der Waals surface area contributed by atoms with Gasteiger partial charge in [0, 0.05) is 11.3 Å². The number of ether oxygens (including phenoxy) is 1. The second-order valence-electron chi connectivity index (χ2n) is 6.93. The summed E-state index contributed by atoms with van der Waals surface area (Å²) in [4.78, 5) is 16.5. The van der Waals surface area contributed by atoms with Gasteiger partial charge in [-0.05, 0) is 31.6 Å². The first-order valence-electron chi connectivity index (χ1n) is 7.42. The van der Waals surface area contributed by atoms with Gasteiger partial charge in [0.2, 0.25) is 5.76 Å². The molecule has 0 bridgehead atoms. The summed E-state index contributed by atoms with van der Waals surface area (Å²) in [5, 5.41) is 0. The highest BCUT2D eigenvalue weighted by Crippen LogP contribution is 2.37. The topological polar surface area (TPSA) is 52.3 Å². The molecular formula is C16H25NO3. The summed E-state index contributed by atoms with van der Waals surface area (Å²) in [6.45, 7) is 8.38. The van der Waals surface area contributed by atoms with E-state index in [0.29, 0.717) is 17.5 Å². The van der Waals surface area contributed by atoms with Gasteiger partial charge in [0.15, 0.2) is 5.89 Å². The first-order valence-corrected chi connectivity index (χ1v) is 7.42. The van der Waals surface area contributed by atoms with E-state index in [0.717, 1.165) is 18.8 Å². The maximum atomic E-state index is 11.9. The lowest BCUT2D eigenvalue weighted by Gasteiger charge is -2.23. The Kier molecular flexibility index (Phi) is 4.21. The first kappa shape index (κ1) is 15.1. The molecule has 4 heteroatoms. The number of nitrogens with zero attached hydrogens (tertiary/aromatic N) is 1. The van der Waals surface area contributed by atoms with Crippen LogP contribution < -0.4 is 0 Å². The molecule has 0 saturated heterocycles. The highest BCUT2D eigenvalue weighted by Gasteiger charge is 2.32. The minimum atomic E-state index is -0.433. The van der Waals surface area contributed by atoms with Gasteiger partial charge in [0.05, 0.1) is 12.8 Å². The number of methoxy groups -OCH3 is 1. The fourth-order valence-corrected chi connectivity index (χ4v) is 2.76. The highest BCUT2D eigenvalue weighted by molar-refractivity contribution is 5.87. The van der Waals surface area contributed by atoms with Gasteiger partial charge in [-0.3, -0.25) is 0 Å². The summed E-state index contributed by atoms with van der Waals surface area (Å²) >= 11 is 0. The highest BCUT2D eigenvalue weighted by atomic mass is 16.5. The molecule has 0 atom stereocenters. The Morgan fingerprint density at radius 2 is 1.85 bits per heavy atom. The van der Waals surface area contributed by atoms with Crippen molar-refractivity contribution in [3.8, 4) is 0 Å². The molecule has 20 heavy (non-hydrogen) atoms. The number of hydrogen-bond acceptors (Lipinski definition) is 4. The van der Waals surface area contributed by atoms with Crippen LogP contribution in [0.4, 0.5) is 0 Å². The molecule has 1 saturated carbocycles. The van der Waals surface area contributed by atoms with E-state index in [9.17, 15) is 4.79 Å². The van der Waals surface area contributed by atoms with Crippen molar-refractivity contribution >= 4 is 5.97 Å². The van der Waals surface area contributed by atoms with E-state index in [-0.39, 0.29) is 11.2 Å². The summed E-state index contributed by atoms with van der Waals surface area (Å²) in [5.41, 5.74) is 0.478. The van der Waals surface area contributed by atoms with Crippen LogP contribution in [0.1, 0.15) is 81.4 Å². The average Bonchev–Trinajstić information content (AvgIpc) is 2.83. The number of aromatic nitrogens is 1. The van der Waals surface area contributed by atoms with Crippen molar-refractivity contribution < 1.29 is 13.9 Å². The second kappa shape index (κ2) is 5.58. The van der Waals surface area contributed by atoms with Gasteiger partial charge in [0.1, 0.15) is 0 Å². The Morgan fingerprint density at radius 3 is 2.35 bits per heavy atom. The Balaban J connectivity index is 2.31. The quantitative estimate of drug-likeness (QED) is 0.766. The minimum absolute atomic E-state index is 0.229. The number of oxazole rings is 1. The van der Waals surface area contributed by atoms with Crippen LogP contribution in [0, 0.1) is 5.92 Å². The fraction of sp³-hybridized carbons (Fsp3) is 0.750. The zero-order valence-corrected chi connectivity index (χ0v) is 13.2. The summed E-state index contributed by atoms with van der Waals surface area (Å²) in [7, 11) is 1.37. The van der Waals surface area contributed by atoms with Crippen molar-refractivity contribution in [2.75, 3.05) is 7.11 Å². The number of rotatable bonds is 2. The van der Waals surface area contributed by atoms with Crippen LogP contribution in [0.2, 0.25) is 0 Å². The smallest absolute Gasteiger partial charge is 0.376 e. The number of carbonyl (C=O) groups excluding carboxylic acids is 1. The van der Waals surface area contributed by atoms with Crippen molar-refractivity contribution in [2.45, 2.75) is 64.7 Å². The fourth-order valence-electron chi connectivity index (χ4n) is 2.76. The summed E-state index contributed by atoms with van der Waals surface area (Å²) in [6.07, 6.45) is 4.58. The predicted octanol–water partition coefficient (Wildman–Crippen LogP) is 4.05. The molecule has 0 amide bonds. The monoisotopic (exact) mass is 279 g/mol. The molecule has 1 aliphatic rings. The summed E-state index contributed by atoms with van der Waals surface area (Å²) < 4.78 is 10.6. The Morgan fingerprint density at radius 1 is 1.25 bits per heavy atom. The lowest BCUT2D eigenvalue weighted by molar-refractivity contribution is 0.0558. The van der Waals surface area contributed by atoms with Gasteiger partial charge in [-0.25, -0.2) is 9.78 Å². The predicted molar refractivity (Wildman–Crippen MR) is 76.9 cm³/mol. The number of hydrogen-bond donors (Lipinski definition) is 0. The van der Waals surface area contributed by atoms with E-state index in [1.165, 1.54) is 20.0 Å². The van der Waals surface area contributed by atoms with Crippen molar-refractivity contribution in [2.24, 2.45) is 5.92 Å². The van der Waals surface area contributed by atoms with Crippen molar-refractivity contribution in [1.82, 2.24) is 4.98 Å². The van der Waals surface area contributed by atoms with E-state index in [1.807, 2.05) is 20.8 Å². The summed E-state index contributed by atoms with van der Waals surface area (Å²) in [5.74, 6) is 1.67. The maximum Gasteiger partial charge on any atom is 0.376 e. The molecule has 0 aromatic carbocycles. The standard InChI is InChI=1S/C16H25NO3/c1-10-6-8-11(9-7-10)14-17-13(16(2,3)4)12(20-14)15(18)19-5/h10-11H,6-9H2,1-5H3. The Labute approximate surface area is 120 Å². The largest absolute Gasteiger partial charge is 0.463 e. The van der Waals surface area contributed by atoms with Crippen molar-refractivity contribution in [3.63, 3.8) is 0 Å². The first-order chi connectivity index (χ1) is 9.32. The normalized spacial score (nSPS) is 23.6. The number of esters is 1. The summed E-state index contributed by atoms with van der Waals surface area (Å²) in [6, 6.07) is 0. The SMILES string of the molecule is COC(=O)c1oc(C2CCC(C)CC2)nc1C(C)(C)C. The lowest BCUT2D eigenvalue weighted by atomic mass is 9.83.